The molecule has 6 heteroatoms. The quantitative estimate of drug-likeness (QED) is 0.283. The number of nitrogens with two attached hydrogens (primary N) is 1. The van der Waals surface area contributed by atoms with E-state index in [0.717, 1.165) is 17.7 Å². The summed E-state index contributed by atoms with van der Waals surface area (Å²) in [4.78, 5) is 4.36. The second kappa shape index (κ2) is 11.3. The molecule has 26 heavy (non-hydrogen) atoms. The minimum absolute atomic E-state index is 0. The van der Waals surface area contributed by atoms with E-state index in [1.54, 1.807) is 7.11 Å². The Balaban J connectivity index is 0.00000338. The molecule has 0 radical (unpaired) electrons. The third-order valence-corrected chi connectivity index (χ3v) is 3.61. The Morgan fingerprint density at radius 1 is 1.15 bits per heavy atom. The fourth-order valence-electron chi connectivity index (χ4n) is 2.24. The van der Waals surface area contributed by atoms with Crippen molar-refractivity contribution >= 4 is 35.6 Å². The summed E-state index contributed by atoms with van der Waals surface area (Å²) >= 11 is 0. The summed E-state index contributed by atoms with van der Waals surface area (Å²) in [7, 11) is 1.58. The molecule has 0 bridgehead atoms. The van der Waals surface area contributed by atoms with Crippen LogP contribution >= 0.6 is 24.0 Å². The van der Waals surface area contributed by atoms with Gasteiger partial charge in [0.05, 0.1) is 13.7 Å². The van der Waals surface area contributed by atoms with Crippen molar-refractivity contribution in [3.63, 3.8) is 0 Å². The van der Waals surface area contributed by atoms with Crippen LogP contribution in [-0.4, -0.2) is 19.7 Å². The minimum atomic E-state index is 0. The van der Waals surface area contributed by atoms with Gasteiger partial charge >= 0.3 is 0 Å². The van der Waals surface area contributed by atoms with E-state index in [2.05, 4.69) is 35.3 Å². The predicted octanol–water partition coefficient (Wildman–Crippen LogP) is 3.81. The van der Waals surface area contributed by atoms with Gasteiger partial charge in [0.1, 0.15) is 6.61 Å². The van der Waals surface area contributed by atoms with Crippen LogP contribution in [0.4, 0.5) is 5.69 Å². The predicted molar refractivity (Wildman–Crippen MR) is 118 cm³/mol. The van der Waals surface area contributed by atoms with Crippen LogP contribution in [0, 0.1) is 12.3 Å². The van der Waals surface area contributed by atoms with Crippen LogP contribution in [0.5, 0.6) is 11.5 Å². The van der Waals surface area contributed by atoms with E-state index in [-0.39, 0.29) is 30.6 Å². The highest BCUT2D eigenvalue weighted by atomic mass is 127. The fourth-order valence-corrected chi connectivity index (χ4v) is 2.24. The highest BCUT2D eigenvalue weighted by Gasteiger charge is 2.05. The zero-order valence-electron chi connectivity index (χ0n) is 15.0. The maximum absolute atomic E-state index is 5.95. The molecular formula is C20H24IN3O2. The molecule has 0 heterocycles. The molecule has 0 spiro atoms. The maximum Gasteiger partial charge on any atom is 0.193 e. The van der Waals surface area contributed by atoms with Crippen molar-refractivity contribution in [3.05, 3.63) is 53.6 Å². The van der Waals surface area contributed by atoms with Crippen LogP contribution in [0.15, 0.2) is 47.5 Å². The lowest BCUT2D eigenvalue weighted by molar-refractivity contribution is 0.330. The van der Waals surface area contributed by atoms with Gasteiger partial charge in [0, 0.05) is 5.69 Å². The number of hydrogen-bond donors (Lipinski definition) is 2. The number of anilines is 1. The molecule has 0 fully saturated rings. The van der Waals surface area contributed by atoms with Crippen LogP contribution in [0.2, 0.25) is 0 Å². The highest BCUT2D eigenvalue weighted by Crippen LogP contribution is 2.28. The molecule has 5 nitrogen and oxygen atoms in total. The SMILES string of the molecule is C#CCOc1cc(CN=C(N)Nc2ccc(CC)cc2)ccc1OC.I. The van der Waals surface area contributed by atoms with Gasteiger partial charge in [-0.15, -0.1) is 30.4 Å². The average Bonchev–Trinajstić information content (AvgIpc) is 2.65. The molecule has 0 unspecified atom stereocenters. The van der Waals surface area contributed by atoms with Gasteiger partial charge in [0.15, 0.2) is 17.5 Å². The topological polar surface area (TPSA) is 68.9 Å². The number of guanidine groups is 1. The van der Waals surface area contributed by atoms with E-state index in [4.69, 9.17) is 21.6 Å². The van der Waals surface area contributed by atoms with Crippen molar-refractivity contribution in [2.24, 2.45) is 10.7 Å². The lowest BCUT2D eigenvalue weighted by Gasteiger charge is -2.10. The molecule has 0 saturated heterocycles. The normalized spacial score (nSPS) is 10.4. The van der Waals surface area contributed by atoms with Gasteiger partial charge in [-0.05, 0) is 41.8 Å². The summed E-state index contributed by atoms with van der Waals surface area (Å²) in [5, 5.41) is 3.08. The van der Waals surface area contributed by atoms with Gasteiger partial charge in [0.2, 0.25) is 0 Å². The van der Waals surface area contributed by atoms with E-state index >= 15 is 0 Å². The number of terminal acetylenes is 1. The second-order valence-electron chi connectivity index (χ2n) is 5.35. The molecule has 2 rings (SSSR count). The minimum Gasteiger partial charge on any atom is -0.493 e. The lowest BCUT2D eigenvalue weighted by atomic mass is 10.1. The first-order chi connectivity index (χ1) is 12.2. The van der Waals surface area contributed by atoms with Gasteiger partial charge in [-0.1, -0.05) is 31.0 Å². The van der Waals surface area contributed by atoms with Gasteiger partial charge in [-0.25, -0.2) is 4.99 Å². The van der Waals surface area contributed by atoms with Gasteiger partial charge in [-0.2, -0.15) is 0 Å². The van der Waals surface area contributed by atoms with Crippen molar-refractivity contribution in [2.45, 2.75) is 19.9 Å². The molecule has 0 aromatic heterocycles. The van der Waals surface area contributed by atoms with Crippen molar-refractivity contribution < 1.29 is 9.47 Å². The Kier molecular flexibility index (Phi) is 9.37. The summed E-state index contributed by atoms with van der Waals surface area (Å²) in [6, 6.07) is 13.7. The molecule has 0 saturated carbocycles. The van der Waals surface area contributed by atoms with Crippen LogP contribution < -0.4 is 20.5 Å². The Morgan fingerprint density at radius 3 is 2.46 bits per heavy atom. The number of benzene rings is 2. The van der Waals surface area contributed by atoms with Gasteiger partial charge in [0.25, 0.3) is 0 Å². The number of hydrogen-bond acceptors (Lipinski definition) is 3. The number of methoxy groups -OCH3 is 1. The zero-order valence-corrected chi connectivity index (χ0v) is 17.3. The number of ether oxygens (including phenoxy) is 2. The first-order valence-electron chi connectivity index (χ1n) is 8.05. The highest BCUT2D eigenvalue weighted by molar-refractivity contribution is 14.0. The maximum atomic E-state index is 5.95. The largest absolute Gasteiger partial charge is 0.493 e. The first-order valence-corrected chi connectivity index (χ1v) is 8.05. The smallest absolute Gasteiger partial charge is 0.193 e. The zero-order chi connectivity index (χ0) is 18.1. The summed E-state index contributed by atoms with van der Waals surface area (Å²) in [6.45, 7) is 2.72. The number of aliphatic imine (C=N–C) groups is 1. The molecule has 138 valence electrons. The van der Waals surface area contributed by atoms with E-state index in [9.17, 15) is 0 Å². The van der Waals surface area contributed by atoms with E-state index in [1.807, 2.05) is 30.3 Å². The molecule has 2 aromatic carbocycles. The molecule has 0 aliphatic carbocycles. The molecule has 3 N–H and O–H groups in total. The number of rotatable bonds is 7. The Labute approximate surface area is 172 Å². The monoisotopic (exact) mass is 465 g/mol. The number of aryl methyl sites for hydroxylation is 1. The third-order valence-electron chi connectivity index (χ3n) is 3.61. The lowest BCUT2D eigenvalue weighted by Crippen LogP contribution is -2.22. The summed E-state index contributed by atoms with van der Waals surface area (Å²) in [6.07, 6.45) is 6.24. The van der Waals surface area contributed by atoms with Crippen LogP contribution in [0.3, 0.4) is 0 Å². The Bertz CT molecular complexity index is 768. The molecule has 0 amide bonds. The molecular weight excluding hydrogens is 441 g/mol. The summed E-state index contributed by atoms with van der Waals surface area (Å²) in [5.74, 6) is 4.01. The molecule has 2 aromatic rings. The first kappa shape index (κ1) is 21.6. The second-order valence-corrected chi connectivity index (χ2v) is 5.35. The van der Waals surface area contributed by atoms with Crippen molar-refractivity contribution in [1.29, 1.82) is 0 Å². The van der Waals surface area contributed by atoms with Crippen LogP contribution in [-0.2, 0) is 13.0 Å². The molecule has 0 atom stereocenters. The number of halogens is 1. The Hall–Kier alpha value is -2.40. The van der Waals surface area contributed by atoms with E-state index < -0.39 is 0 Å². The number of nitrogens with one attached hydrogen (secondary N) is 1. The van der Waals surface area contributed by atoms with Crippen molar-refractivity contribution in [2.75, 3.05) is 19.0 Å². The summed E-state index contributed by atoms with van der Waals surface area (Å²) in [5.41, 5.74) is 9.08. The van der Waals surface area contributed by atoms with Crippen molar-refractivity contribution in [3.8, 4) is 23.8 Å². The fraction of sp³-hybridized carbons (Fsp3) is 0.250. The average molecular weight is 465 g/mol. The van der Waals surface area contributed by atoms with E-state index in [0.29, 0.717) is 24.0 Å². The van der Waals surface area contributed by atoms with Crippen LogP contribution in [0.1, 0.15) is 18.1 Å². The third kappa shape index (κ3) is 6.48. The number of nitrogens with zero attached hydrogens (tertiary/aromatic N) is 1. The van der Waals surface area contributed by atoms with Gasteiger partial charge < -0.3 is 20.5 Å². The summed E-state index contributed by atoms with van der Waals surface area (Å²) < 4.78 is 10.7. The van der Waals surface area contributed by atoms with E-state index in [1.165, 1.54) is 5.56 Å². The van der Waals surface area contributed by atoms with Crippen molar-refractivity contribution in [1.82, 2.24) is 0 Å². The Morgan fingerprint density at radius 2 is 1.85 bits per heavy atom. The van der Waals surface area contributed by atoms with Crippen LogP contribution in [0.25, 0.3) is 0 Å². The molecule has 0 aliphatic rings. The molecule has 0 aliphatic heterocycles. The standard InChI is InChI=1S/C20H23N3O2.HI/c1-4-12-25-19-13-16(8-11-18(19)24-3)14-22-20(21)23-17-9-6-15(5-2)7-10-17;/h1,6-11,13H,5,12,14H2,2-3H3,(H3,21,22,23);1H. The van der Waals surface area contributed by atoms with Gasteiger partial charge in [-0.3, -0.25) is 0 Å².